The predicted octanol–water partition coefficient (Wildman–Crippen LogP) is 6.32. The molecule has 1 saturated heterocycles. The highest BCUT2D eigenvalue weighted by molar-refractivity contribution is 8.01. The highest BCUT2D eigenvalue weighted by Gasteiger charge is 2.60. The van der Waals surface area contributed by atoms with Crippen LogP contribution in [0.15, 0.2) is 125 Å². The maximum Gasteiger partial charge on any atom is 0.356 e. The zero-order valence-corrected chi connectivity index (χ0v) is 37.4. The first-order chi connectivity index (χ1) is 28.3. The van der Waals surface area contributed by atoms with Crippen LogP contribution >= 0.6 is 30.0 Å². The number of β-lactam (4-membered cyclic amide) rings is 1. The van der Waals surface area contributed by atoms with Gasteiger partial charge in [-0.25, -0.2) is 4.79 Å². The number of esters is 2. The van der Waals surface area contributed by atoms with Crippen LogP contribution in [0.5, 0.6) is 5.75 Å². The van der Waals surface area contributed by atoms with Gasteiger partial charge in [0.15, 0.2) is 18.4 Å². The third-order valence-electron chi connectivity index (χ3n) is 9.89. The number of amides is 1. The minimum Gasteiger partial charge on any atom is -0.497 e. The highest BCUT2D eigenvalue weighted by Crippen LogP contribution is 2.51. The molecule has 0 saturated carbocycles. The maximum absolute atomic E-state index is 15.5. The van der Waals surface area contributed by atoms with Gasteiger partial charge in [-0.2, -0.15) is 0 Å². The van der Waals surface area contributed by atoms with Crippen molar-refractivity contribution in [2.24, 2.45) is 11.8 Å². The number of carbonyl (C=O) groups is 4. The number of carbonyl (C=O) groups excluding carboxylic acids is 4. The summed E-state index contributed by atoms with van der Waals surface area (Å²) in [5.41, 5.74) is 2.40. The van der Waals surface area contributed by atoms with Crippen LogP contribution in [-0.2, 0) is 39.7 Å². The van der Waals surface area contributed by atoms with E-state index in [0.717, 1.165) is 15.9 Å². The summed E-state index contributed by atoms with van der Waals surface area (Å²) in [4.78, 5) is 59.5. The second-order valence-corrected chi connectivity index (χ2v) is 24.8. The third-order valence-corrected chi connectivity index (χ3v) is 17.1. The average Bonchev–Trinajstić information content (AvgIpc) is 3.76. The second-order valence-electron chi connectivity index (χ2n) is 15.0. The molecular formula is C44H48N3O8PS2Si. The summed E-state index contributed by atoms with van der Waals surface area (Å²) in [6, 6.07) is 35.2. The van der Waals surface area contributed by atoms with E-state index in [1.165, 1.54) is 34.9 Å². The summed E-state index contributed by atoms with van der Waals surface area (Å²) in [6.45, 7) is 5.43. The van der Waals surface area contributed by atoms with Gasteiger partial charge in [-0.3, -0.25) is 14.4 Å². The number of methoxy groups -OCH3 is 1. The van der Waals surface area contributed by atoms with Crippen molar-refractivity contribution in [3.05, 3.63) is 126 Å². The Kier molecular flexibility index (Phi) is 14.4. The monoisotopic (exact) mass is 869 g/mol. The number of thioether (sulfide) groups is 1. The zero-order chi connectivity index (χ0) is 42.2. The van der Waals surface area contributed by atoms with Crippen LogP contribution < -0.4 is 20.7 Å². The number of rotatable bonds is 18. The van der Waals surface area contributed by atoms with E-state index in [4.69, 9.17) is 18.6 Å². The van der Waals surface area contributed by atoms with Crippen molar-refractivity contribution in [2.45, 2.75) is 56.6 Å². The molecule has 6 rings (SSSR count). The molecule has 1 aliphatic rings. The van der Waals surface area contributed by atoms with Crippen LogP contribution in [0.3, 0.4) is 0 Å². The number of Topliss-reactive ketones (excluding diaryl/α,β-unsaturated/α-hetero) is 1. The minimum absolute atomic E-state index is 0.0385. The first-order valence-corrected chi connectivity index (χ1v) is 26.2. The van der Waals surface area contributed by atoms with Crippen molar-refractivity contribution in [2.75, 3.05) is 19.5 Å². The van der Waals surface area contributed by atoms with Gasteiger partial charge in [0.2, 0.25) is 5.91 Å². The summed E-state index contributed by atoms with van der Waals surface area (Å²) in [5, 5.41) is 10.4. The number of likely N-dealkylation sites (tertiary alicyclic amines) is 1. The summed E-state index contributed by atoms with van der Waals surface area (Å²) in [7, 11) is -0.679. The molecule has 1 fully saturated rings. The molecule has 0 bridgehead atoms. The van der Waals surface area contributed by atoms with Crippen molar-refractivity contribution in [1.29, 1.82) is 0 Å². The summed E-state index contributed by atoms with van der Waals surface area (Å²) >= 11 is 2.52. The van der Waals surface area contributed by atoms with E-state index in [2.05, 4.69) is 10.2 Å². The molecule has 4 atom stereocenters. The van der Waals surface area contributed by atoms with Crippen molar-refractivity contribution in [3.8, 4) is 5.75 Å². The van der Waals surface area contributed by atoms with E-state index >= 15 is 9.59 Å². The number of aromatic nitrogens is 2. The van der Waals surface area contributed by atoms with Gasteiger partial charge in [0.1, 0.15) is 29.9 Å². The Morgan fingerprint density at radius 2 is 1.41 bits per heavy atom. The van der Waals surface area contributed by atoms with Gasteiger partial charge in [0.05, 0.1) is 36.8 Å². The van der Waals surface area contributed by atoms with E-state index in [0.29, 0.717) is 15.7 Å². The Balaban J connectivity index is 1.65. The van der Waals surface area contributed by atoms with Crippen molar-refractivity contribution in [3.63, 3.8) is 0 Å². The van der Waals surface area contributed by atoms with Crippen molar-refractivity contribution in [1.82, 2.24) is 15.1 Å². The van der Waals surface area contributed by atoms with E-state index in [1.807, 2.05) is 130 Å². The number of ether oxygens (including phenoxy) is 3. The lowest BCUT2D eigenvalue weighted by Gasteiger charge is -2.54. The maximum atomic E-state index is 15.5. The lowest BCUT2D eigenvalue weighted by atomic mass is 9.74. The predicted molar refractivity (Wildman–Crippen MR) is 237 cm³/mol. The largest absolute Gasteiger partial charge is 0.497 e. The summed E-state index contributed by atoms with van der Waals surface area (Å²) in [5.74, 6) is -3.28. The molecular weight excluding hydrogens is 822 g/mol. The fraction of sp³-hybridized carbons (Fsp3) is 0.295. The van der Waals surface area contributed by atoms with Crippen LogP contribution in [0.4, 0.5) is 0 Å². The normalized spacial score (nSPS) is 16.4. The number of nitrogens with zero attached hydrogens (tertiary/aromatic N) is 3. The van der Waals surface area contributed by atoms with Gasteiger partial charge >= 0.3 is 11.9 Å². The molecule has 0 aliphatic carbocycles. The van der Waals surface area contributed by atoms with E-state index in [9.17, 15) is 9.59 Å². The fourth-order valence-corrected chi connectivity index (χ4v) is 14.6. The summed E-state index contributed by atoms with van der Waals surface area (Å²) in [6.07, 6.45) is -0.645. The van der Waals surface area contributed by atoms with Crippen LogP contribution in [0.2, 0.25) is 19.6 Å². The number of ketones is 1. The lowest BCUT2D eigenvalue weighted by Crippen LogP contribution is -2.72. The van der Waals surface area contributed by atoms with Crippen LogP contribution in [0.1, 0.15) is 19.4 Å². The first kappa shape index (κ1) is 43.7. The Hall–Kier alpha value is -4.85. The molecule has 1 aliphatic heterocycles. The fourth-order valence-electron chi connectivity index (χ4n) is 7.47. The molecule has 4 aromatic carbocycles. The van der Waals surface area contributed by atoms with Crippen molar-refractivity contribution < 1.29 is 37.8 Å². The van der Waals surface area contributed by atoms with E-state index in [-0.39, 0.29) is 36.1 Å². The SMILES string of the molecule is COc1ccc(COC(=O)C(N2C(=O)[C@H]([C@@H](C)O[Si](C)(C)C)[C@H]2[C@H](COC(C)=O)C(=O)CSc2nncs2)=P(c2ccccc2)(c2ccccc2)c2ccccc2)cc1. The number of benzene rings is 4. The second kappa shape index (κ2) is 19.5. The molecule has 5 aromatic rings. The Bertz CT molecular complexity index is 2170. The standard InChI is InChI=1S/C44H48N3O8PS2Si/c1-30(55-59(4,5)6)39-40(37(27-53-31(2)48)38(49)28-57-44-46-45-29-58-44)47(41(39)50)42(43(51)54-26-32-22-24-33(52-3)25-23-32)56(34-16-10-7-11-17-34,35-18-12-8-13-19-35)36-20-14-9-15-21-36/h7-25,29-30,37,39-40H,26-28H2,1-6H3/t30-,37-,39-,40-/m1/s1. The lowest BCUT2D eigenvalue weighted by molar-refractivity contribution is -0.164. The molecule has 11 nitrogen and oxygen atoms in total. The molecule has 1 aromatic heterocycles. The zero-order valence-electron chi connectivity index (χ0n) is 33.8. The van der Waals surface area contributed by atoms with Gasteiger partial charge in [0.25, 0.3) is 0 Å². The van der Waals surface area contributed by atoms with Crippen LogP contribution in [-0.4, -0.2) is 84.1 Å². The topological polar surface area (TPSA) is 134 Å². The molecule has 1 amide bonds. The molecule has 0 spiro atoms. The summed E-state index contributed by atoms with van der Waals surface area (Å²) < 4.78 is 24.5. The molecule has 2 heterocycles. The number of hydrogen-bond donors (Lipinski definition) is 0. The first-order valence-electron chi connectivity index (χ1n) is 19.1. The molecule has 0 radical (unpaired) electrons. The highest BCUT2D eigenvalue weighted by atomic mass is 32.2. The van der Waals surface area contributed by atoms with Gasteiger partial charge in [-0.05, 0) is 60.2 Å². The Morgan fingerprint density at radius 1 is 0.847 bits per heavy atom. The number of hydrogen-bond acceptors (Lipinski definition) is 12. The average molecular weight is 870 g/mol. The van der Waals surface area contributed by atoms with Crippen molar-refractivity contribution >= 4 is 83.3 Å². The van der Waals surface area contributed by atoms with Gasteiger partial charge < -0.3 is 23.5 Å². The smallest absolute Gasteiger partial charge is 0.356 e. The molecule has 59 heavy (non-hydrogen) atoms. The Labute approximate surface area is 354 Å². The van der Waals surface area contributed by atoms with Gasteiger partial charge in [0, 0.05) is 13.8 Å². The van der Waals surface area contributed by atoms with Crippen LogP contribution in [0, 0.1) is 11.8 Å². The van der Waals surface area contributed by atoms with Crippen LogP contribution in [0.25, 0.3) is 0 Å². The van der Waals surface area contributed by atoms with Gasteiger partial charge in [-0.15, -0.1) is 10.2 Å². The quantitative estimate of drug-likeness (QED) is 0.0322. The molecule has 0 unspecified atom stereocenters. The molecule has 15 heteroatoms. The molecule has 308 valence electrons. The Morgan fingerprint density at radius 3 is 1.88 bits per heavy atom. The molecule has 0 N–H and O–H groups in total. The van der Waals surface area contributed by atoms with E-state index in [1.54, 1.807) is 24.8 Å². The van der Waals surface area contributed by atoms with E-state index < -0.39 is 51.1 Å². The third kappa shape index (κ3) is 9.96. The van der Waals surface area contributed by atoms with Gasteiger partial charge in [-0.1, -0.05) is 126 Å². The minimum atomic E-state index is -3.36.